The number of halogens is 3. The molecule has 3 aliphatic heterocycles. The molecule has 5 heterocycles. The summed E-state index contributed by atoms with van der Waals surface area (Å²) in [7, 11) is 1.52. The molecule has 2 aromatic heterocycles. The number of rotatable bonds is 10. The van der Waals surface area contributed by atoms with Crippen LogP contribution in [0.2, 0.25) is 0 Å². The van der Waals surface area contributed by atoms with E-state index in [9.17, 15) is 18.0 Å². The second kappa shape index (κ2) is 12.9. The minimum absolute atomic E-state index is 0.0739. The number of hydrogen-bond acceptors (Lipinski definition) is 8. The number of likely N-dealkylation sites (tertiary alicyclic amines) is 1. The lowest BCUT2D eigenvalue weighted by Gasteiger charge is -2.34. The molecule has 5 rings (SSSR count). The average Bonchev–Trinajstić information content (AvgIpc) is 3.69. The second-order valence-electron chi connectivity index (χ2n) is 11.3. The molecule has 228 valence electrons. The molecule has 1 amide bonds. The number of piperidine rings is 1. The molecule has 1 atom stereocenters. The van der Waals surface area contributed by atoms with Crippen LogP contribution >= 0.6 is 0 Å². The number of fused-ring (bicyclic) bond motifs is 1. The number of amides is 1. The molecule has 0 radical (unpaired) electrons. The van der Waals surface area contributed by atoms with Crippen LogP contribution in [0.1, 0.15) is 68.8 Å². The summed E-state index contributed by atoms with van der Waals surface area (Å²) in [5.74, 6) is 1.12. The largest absolute Gasteiger partial charge is 0.435 e. The van der Waals surface area contributed by atoms with Gasteiger partial charge in [-0.25, -0.2) is 9.97 Å². The highest BCUT2D eigenvalue weighted by atomic mass is 19.4. The third kappa shape index (κ3) is 6.67. The predicted molar refractivity (Wildman–Crippen MR) is 156 cm³/mol. The van der Waals surface area contributed by atoms with Gasteiger partial charge in [0.2, 0.25) is 5.91 Å². The highest BCUT2D eigenvalue weighted by Crippen LogP contribution is 2.38. The zero-order valence-electron chi connectivity index (χ0n) is 24.5. The monoisotopic (exact) mass is 587 g/mol. The van der Waals surface area contributed by atoms with Gasteiger partial charge in [-0.2, -0.15) is 18.3 Å². The normalized spacial score (nSPS) is 20.9. The zero-order chi connectivity index (χ0) is 29.9. The first-order chi connectivity index (χ1) is 20.2. The lowest BCUT2D eigenvalue weighted by Crippen LogP contribution is -2.41. The first kappa shape index (κ1) is 30.1. The van der Waals surface area contributed by atoms with E-state index in [-0.39, 0.29) is 17.7 Å². The van der Waals surface area contributed by atoms with Crippen molar-refractivity contribution < 1.29 is 18.0 Å². The van der Waals surface area contributed by atoms with E-state index in [1.54, 1.807) is 0 Å². The number of aryl methyl sites for hydroxylation is 1. The molecule has 0 spiro atoms. The summed E-state index contributed by atoms with van der Waals surface area (Å²) in [6.07, 6.45) is 3.54. The van der Waals surface area contributed by atoms with Crippen LogP contribution in [0.25, 0.3) is 5.70 Å². The number of allylic oxidation sites excluding steroid dienone is 1. The SMILES string of the molecule is CC/C=C(\N=C(CNCCN1CCCC1)C1CCN(c2ncnc3c2C(C)C(=O)N3)CC1)c1cc(C(F)(F)F)nn1C. The van der Waals surface area contributed by atoms with Crippen molar-refractivity contribution in [3.63, 3.8) is 0 Å². The molecule has 0 aromatic carbocycles. The third-order valence-electron chi connectivity index (χ3n) is 8.40. The maximum Gasteiger partial charge on any atom is 0.435 e. The Bertz CT molecular complexity index is 1320. The summed E-state index contributed by atoms with van der Waals surface area (Å²) in [5.41, 5.74) is 1.70. The number of aromatic nitrogens is 4. The molecule has 42 heavy (non-hydrogen) atoms. The van der Waals surface area contributed by atoms with E-state index in [4.69, 9.17) is 4.99 Å². The van der Waals surface area contributed by atoms with Crippen molar-refractivity contribution in [2.45, 2.75) is 58.0 Å². The van der Waals surface area contributed by atoms with Crippen LogP contribution in [0.5, 0.6) is 0 Å². The molecule has 0 bridgehead atoms. The summed E-state index contributed by atoms with van der Waals surface area (Å²) in [6.45, 7) is 9.84. The maximum absolute atomic E-state index is 13.4. The van der Waals surface area contributed by atoms with E-state index in [2.05, 4.69) is 35.5 Å². The molecule has 1 unspecified atom stereocenters. The Morgan fingerprint density at radius 3 is 2.60 bits per heavy atom. The van der Waals surface area contributed by atoms with Crippen LogP contribution in [0.3, 0.4) is 0 Å². The van der Waals surface area contributed by atoms with E-state index >= 15 is 0 Å². The number of carbonyl (C=O) groups excluding carboxylic acids is 1. The van der Waals surface area contributed by atoms with E-state index in [1.807, 2.05) is 19.9 Å². The molecule has 0 saturated carbocycles. The molecule has 0 aliphatic carbocycles. The number of aliphatic imine (C=N–C) groups is 1. The Morgan fingerprint density at radius 2 is 1.93 bits per heavy atom. The van der Waals surface area contributed by atoms with Gasteiger partial charge in [-0.05, 0) is 58.2 Å². The smallest absolute Gasteiger partial charge is 0.356 e. The van der Waals surface area contributed by atoms with Crippen LogP contribution in [-0.4, -0.2) is 82.1 Å². The summed E-state index contributed by atoms with van der Waals surface area (Å²) in [6, 6.07) is 1.08. The van der Waals surface area contributed by atoms with E-state index in [1.165, 1.54) is 30.9 Å². The quantitative estimate of drug-likeness (QED) is 0.319. The molecule has 3 aliphatic rings. The fraction of sp³-hybridized carbons (Fsp3) is 0.621. The standard InChI is InChI=1S/C29H40F3N9O/c1-4-7-21(23-16-24(29(30,31)32)38-39(23)3)36-22(17-33-10-15-40-11-5-6-12-40)20-8-13-41(14-9-20)27-25-19(2)28(42)37-26(25)34-18-35-27/h7,16,18-20,33H,4-6,8-15,17H2,1-3H3,(H,34,35,37,42)/b21-7-,36-22?. The number of alkyl halides is 3. The van der Waals surface area contributed by atoms with Crippen molar-refractivity contribution in [1.82, 2.24) is 30.0 Å². The van der Waals surface area contributed by atoms with Crippen LogP contribution in [0.15, 0.2) is 23.5 Å². The fourth-order valence-corrected chi connectivity index (χ4v) is 6.05. The summed E-state index contributed by atoms with van der Waals surface area (Å²) in [5, 5.41) is 10.1. The lowest BCUT2D eigenvalue weighted by atomic mass is 9.91. The number of carbonyl (C=O) groups is 1. The Hall–Kier alpha value is -3.32. The third-order valence-corrected chi connectivity index (χ3v) is 8.40. The number of nitrogens with one attached hydrogen (secondary N) is 2. The van der Waals surface area contributed by atoms with Gasteiger partial charge in [0.1, 0.15) is 18.0 Å². The number of anilines is 2. The van der Waals surface area contributed by atoms with E-state index < -0.39 is 11.9 Å². The molecule has 2 fully saturated rings. The number of nitrogens with zero attached hydrogens (tertiary/aromatic N) is 7. The highest BCUT2D eigenvalue weighted by molar-refractivity contribution is 6.03. The average molecular weight is 588 g/mol. The first-order valence-electron chi connectivity index (χ1n) is 14.9. The molecule has 2 saturated heterocycles. The Morgan fingerprint density at radius 1 is 1.19 bits per heavy atom. The van der Waals surface area contributed by atoms with Crippen molar-refractivity contribution in [2.24, 2.45) is 18.0 Å². The van der Waals surface area contributed by atoms with Gasteiger partial charge in [-0.1, -0.05) is 13.0 Å². The van der Waals surface area contributed by atoms with Crippen molar-refractivity contribution >= 4 is 29.0 Å². The van der Waals surface area contributed by atoms with Crippen molar-refractivity contribution in [1.29, 1.82) is 0 Å². The molecule has 10 nitrogen and oxygen atoms in total. The second-order valence-corrected chi connectivity index (χ2v) is 11.3. The fourth-order valence-electron chi connectivity index (χ4n) is 6.05. The van der Waals surface area contributed by atoms with Crippen LogP contribution in [-0.2, 0) is 18.0 Å². The minimum atomic E-state index is -4.53. The van der Waals surface area contributed by atoms with Crippen molar-refractivity contribution in [2.75, 3.05) is 56.0 Å². The van der Waals surface area contributed by atoms with Gasteiger partial charge in [0.05, 0.1) is 17.3 Å². The van der Waals surface area contributed by atoms with Gasteiger partial charge in [0, 0.05) is 57.0 Å². The van der Waals surface area contributed by atoms with Gasteiger partial charge >= 0.3 is 6.18 Å². The van der Waals surface area contributed by atoms with Gasteiger partial charge < -0.3 is 20.4 Å². The highest BCUT2D eigenvalue weighted by Gasteiger charge is 2.36. The Labute approximate surface area is 244 Å². The molecule has 13 heteroatoms. The Kier molecular flexibility index (Phi) is 9.26. The summed E-state index contributed by atoms with van der Waals surface area (Å²) >= 11 is 0. The Balaban J connectivity index is 1.35. The van der Waals surface area contributed by atoms with Crippen LogP contribution in [0, 0.1) is 5.92 Å². The van der Waals surface area contributed by atoms with Gasteiger partial charge in [-0.3, -0.25) is 14.5 Å². The zero-order valence-corrected chi connectivity index (χ0v) is 24.5. The molecular formula is C29H40F3N9O. The van der Waals surface area contributed by atoms with Crippen LogP contribution in [0.4, 0.5) is 24.8 Å². The first-order valence-corrected chi connectivity index (χ1v) is 14.9. The topological polar surface area (TPSA) is 104 Å². The van der Waals surface area contributed by atoms with E-state index in [0.717, 1.165) is 75.3 Å². The van der Waals surface area contributed by atoms with E-state index in [0.29, 0.717) is 30.2 Å². The summed E-state index contributed by atoms with van der Waals surface area (Å²) < 4.78 is 41.6. The van der Waals surface area contributed by atoms with Gasteiger partial charge in [-0.15, -0.1) is 0 Å². The minimum Gasteiger partial charge on any atom is -0.356 e. The van der Waals surface area contributed by atoms with Crippen LogP contribution < -0.4 is 15.5 Å². The van der Waals surface area contributed by atoms with Crippen molar-refractivity contribution in [3.05, 3.63) is 35.4 Å². The molecular weight excluding hydrogens is 547 g/mol. The summed E-state index contributed by atoms with van der Waals surface area (Å²) in [4.78, 5) is 30.7. The van der Waals surface area contributed by atoms with Gasteiger partial charge in [0.15, 0.2) is 5.69 Å². The lowest BCUT2D eigenvalue weighted by molar-refractivity contribution is -0.141. The number of hydrogen-bond donors (Lipinski definition) is 2. The van der Waals surface area contributed by atoms with Crippen molar-refractivity contribution in [3.8, 4) is 0 Å². The molecule has 2 aromatic rings. The predicted octanol–water partition coefficient (Wildman–Crippen LogP) is 4.08. The van der Waals surface area contributed by atoms with Gasteiger partial charge in [0.25, 0.3) is 0 Å². The maximum atomic E-state index is 13.4. The molecule has 2 N–H and O–H groups in total.